The van der Waals surface area contributed by atoms with Crippen molar-refractivity contribution in [1.29, 1.82) is 0 Å². The van der Waals surface area contributed by atoms with Crippen molar-refractivity contribution in [3.8, 4) is 0 Å². The van der Waals surface area contributed by atoms with Crippen molar-refractivity contribution in [2.45, 2.75) is 30.9 Å². The molecule has 1 aromatic heterocycles. The van der Waals surface area contributed by atoms with Gasteiger partial charge in [-0.2, -0.15) is 26.3 Å². The summed E-state index contributed by atoms with van der Waals surface area (Å²) in [7, 11) is 0. The van der Waals surface area contributed by atoms with Gasteiger partial charge in [0.15, 0.2) is 0 Å². The summed E-state index contributed by atoms with van der Waals surface area (Å²) in [6.07, 6.45) is -6.36. The molecule has 0 aliphatic carbocycles. The Morgan fingerprint density at radius 2 is 1.14 bits per heavy atom. The topological polar surface area (TPSA) is 50.9 Å². The number of rotatable bonds is 4. The van der Waals surface area contributed by atoms with E-state index in [9.17, 15) is 31.4 Å². The third-order valence-corrected chi connectivity index (χ3v) is 4.75. The van der Waals surface area contributed by atoms with Crippen LogP contribution in [-0.4, -0.2) is 20.1 Å². The van der Waals surface area contributed by atoms with Gasteiger partial charge in [0.05, 0.1) is 23.4 Å². The monoisotopic (exact) mass is 415 g/mol. The average molecular weight is 415 g/mol. The van der Waals surface area contributed by atoms with E-state index in [1.54, 1.807) is 0 Å². The van der Waals surface area contributed by atoms with Crippen LogP contribution in [0.5, 0.6) is 0 Å². The maximum absolute atomic E-state index is 12.9. The summed E-state index contributed by atoms with van der Waals surface area (Å²) in [6, 6.07) is 6.69. The fourth-order valence-corrected chi connectivity index (χ4v) is 3.09. The zero-order valence-corrected chi connectivity index (χ0v) is 14.9. The SMILES string of the molecule is CC(n1ccnn1)C(O)(c1ccc(C(F)(F)F)cc1)c1ccc(C(F)(F)F)cc1. The fourth-order valence-electron chi connectivity index (χ4n) is 3.09. The summed E-state index contributed by atoms with van der Waals surface area (Å²) in [5.41, 5.74) is -3.67. The summed E-state index contributed by atoms with van der Waals surface area (Å²) in [4.78, 5) is 0. The van der Waals surface area contributed by atoms with Crippen LogP contribution in [-0.2, 0) is 18.0 Å². The maximum atomic E-state index is 12.9. The first-order chi connectivity index (χ1) is 13.4. The van der Waals surface area contributed by atoms with Crippen molar-refractivity contribution < 1.29 is 31.4 Å². The highest BCUT2D eigenvalue weighted by atomic mass is 19.4. The van der Waals surface area contributed by atoms with E-state index in [0.29, 0.717) is 0 Å². The van der Waals surface area contributed by atoms with E-state index in [2.05, 4.69) is 10.3 Å². The number of nitrogens with zero attached hydrogens (tertiary/aromatic N) is 3. The highest BCUT2D eigenvalue weighted by molar-refractivity contribution is 5.40. The van der Waals surface area contributed by atoms with Crippen LogP contribution in [0.3, 0.4) is 0 Å². The Balaban J connectivity index is 2.12. The molecule has 3 rings (SSSR count). The maximum Gasteiger partial charge on any atom is 0.416 e. The smallest absolute Gasteiger partial charge is 0.378 e. The lowest BCUT2D eigenvalue weighted by Crippen LogP contribution is -2.37. The summed E-state index contributed by atoms with van der Waals surface area (Å²) >= 11 is 0. The minimum Gasteiger partial charge on any atom is -0.378 e. The van der Waals surface area contributed by atoms with E-state index in [1.807, 2.05) is 0 Å². The first-order valence-corrected chi connectivity index (χ1v) is 8.37. The van der Waals surface area contributed by atoms with Crippen molar-refractivity contribution in [3.05, 3.63) is 83.2 Å². The van der Waals surface area contributed by atoms with Gasteiger partial charge >= 0.3 is 12.4 Å². The van der Waals surface area contributed by atoms with Crippen LogP contribution in [0, 0.1) is 0 Å². The van der Waals surface area contributed by atoms with Crippen molar-refractivity contribution in [2.24, 2.45) is 0 Å². The molecule has 1 heterocycles. The Hall–Kier alpha value is -2.88. The molecule has 0 saturated heterocycles. The summed E-state index contributed by atoms with van der Waals surface area (Å²) < 4.78 is 78.6. The van der Waals surface area contributed by atoms with Crippen LogP contribution in [0.2, 0.25) is 0 Å². The number of aromatic nitrogens is 3. The molecule has 29 heavy (non-hydrogen) atoms. The number of alkyl halides is 6. The first-order valence-electron chi connectivity index (χ1n) is 8.37. The molecule has 0 bridgehead atoms. The molecule has 4 nitrogen and oxygen atoms in total. The first kappa shape index (κ1) is 20.8. The van der Waals surface area contributed by atoms with Gasteiger partial charge in [0, 0.05) is 6.20 Å². The summed E-state index contributed by atoms with van der Waals surface area (Å²) in [6.45, 7) is 1.53. The second-order valence-corrected chi connectivity index (χ2v) is 6.48. The van der Waals surface area contributed by atoms with Crippen LogP contribution in [0.15, 0.2) is 60.9 Å². The lowest BCUT2D eigenvalue weighted by molar-refractivity contribution is -0.138. The molecule has 3 aromatic rings. The van der Waals surface area contributed by atoms with Gasteiger partial charge in [-0.1, -0.05) is 29.5 Å². The minimum atomic E-state index is -4.57. The van der Waals surface area contributed by atoms with E-state index < -0.39 is 35.1 Å². The van der Waals surface area contributed by atoms with Crippen molar-refractivity contribution in [3.63, 3.8) is 0 Å². The highest BCUT2D eigenvalue weighted by Gasteiger charge is 2.41. The van der Waals surface area contributed by atoms with Crippen LogP contribution >= 0.6 is 0 Å². The van der Waals surface area contributed by atoms with E-state index in [0.717, 1.165) is 48.5 Å². The van der Waals surface area contributed by atoms with E-state index in [1.165, 1.54) is 24.0 Å². The number of aliphatic hydroxyl groups is 1. The highest BCUT2D eigenvalue weighted by Crippen LogP contribution is 2.41. The summed E-state index contributed by atoms with van der Waals surface area (Å²) in [5.74, 6) is 0. The zero-order valence-electron chi connectivity index (χ0n) is 14.9. The molecule has 0 aliphatic rings. The second-order valence-electron chi connectivity index (χ2n) is 6.48. The molecule has 1 unspecified atom stereocenters. The van der Waals surface area contributed by atoms with E-state index >= 15 is 0 Å². The zero-order chi connectivity index (χ0) is 21.4. The molecular formula is C19H15F6N3O. The molecule has 0 spiro atoms. The molecule has 0 saturated carbocycles. The average Bonchev–Trinajstić information content (AvgIpc) is 3.20. The van der Waals surface area contributed by atoms with E-state index in [-0.39, 0.29) is 11.1 Å². The molecular weight excluding hydrogens is 400 g/mol. The molecule has 154 valence electrons. The quantitative estimate of drug-likeness (QED) is 0.622. The lowest BCUT2D eigenvalue weighted by Gasteiger charge is -2.35. The molecule has 0 radical (unpaired) electrons. The Bertz CT molecular complexity index is 890. The van der Waals surface area contributed by atoms with Crippen LogP contribution < -0.4 is 0 Å². The Labute approximate surface area is 161 Å². The Morgan fingerprint density at radius 1 is 0.759 bits per heavy atom. The second kappa shape index (κ2) is 7.18. The third kappa shape index (κ3) is 3.98. The standard InChI is InChI=1S/C19H15F6N3O/c1-12(28-11-10-26-27-28)17(29,13-2-6-15(7-3-13)18(20,21)22)14-4-8-16(9-5-14)19(23,24)25/h2-12,29H,1H3. The van der Waals surface area contributed by atoms with Gasteiger partial charge in [-0.3, -0.25) is 0 Å². The molecule has 0 fully saturated rings. The van der Waals surface area contributed by atoms with Gasteiger partial charge in [0.25, 0.3) is 0 Å². The van der Waals surface area contributed by atoms with Crippen molar-refractivity contribution >= 4 is 0 Å². The Morgan fingerprint density at radius 3 is 1.45 bits per heavy atom. The molecule has 1 N–H and O–H groups in total. The number of benzene rings is 2. The number of hydrogen-bond donors (Lipinski definition) is 1. The largest absolute Gasteiger partial charge is 0.416 e. The fraction of sp³-hybridized carbons (Fsp3) is 0.263. The van der Waals surface area contributed by atoms with Crippen molar-refractivity contribution in [1.82, 2.24) is 15.0 Å². The van der Waals surface area contributed by atoms with Gasteiger partial charge < -0.3 is 5.11 Å². The Kier molecular flexibility index (Phi) is 5.16. The van der Waals surface area contributed by atoms with Crippen LogP contribution in [0.25, 0.3) is 0 Å². The predicted molar refractivity (Wildman–Crippen MR) is 90.6 cm³/mol. The van der Waals surface area contributed by atoms with Crippen molar-refractivity contribution in [2.75, 3.05) is 0 Å². The van der Waals surface area contributed by atoms with Gasteiger partial charge in [0.1, 0.15) is 5.60 Å². The van der Waals surface area contributed by atoms with Gasteiger partial charge in [-0.25, -0.2) is 4.68 Å². The molecule has 0 aliphatic heterocycles. The lowest BCUT2D eigenvalue weighted by atomic mass is 9.80. The molecule has 1 atom stereocenters. The van der Waals surface area contributed by atoms with Gasteiger partial charge in [0.2, 0.25) is 0 Å². The van der Waals surface area contributed by atoms with Gasteiger partial charge in [-0.05, 0) is 42.3 Å². The minimum absolute atomic E-state index is 0.0632. The number of hydrogen-bond acceptors (Lipinski definition) is 3. The number of halogens is 6. The molecule has 10 heteroatoms. The normalized spacial score (nSPS) is 14.1. The summed E-state index contributed by atoms with van der Waals surface area (Å²) in [5, 5.41) is 19.0. The molecule has 0 amide bonds. The molecule has 2 aromatic carbocycles. The third-order valence-electron chi connectivity index (χ3n) is 4.75. The van der Waals surface area contributed by atoms with Gasteiger partial charge in [-0.15, -0.1) is 5.10 Å². The van der Waals surface area contributed by atoms with Crippen LogP contribution in [0.1, 0.15) is 35.2 Å². The van der Waals surface area contributed by atoms with E-state index in [4.69, 9.17) is 0 Å². The predicted octanol–water partition coefficient (Wildman–Crippen LogP) is 4.81. The van der Waals surface area contributed by atoms with Crippen LogP contribution in [0.4, 0.5) is 26.3 Å².